The van der Waals surface area contributed by atoms with E-state index in [1.54, 1.807) is 12.1 Å². The SMILES string of the molecule is COc1cc(CC(C)(C)CBr)cc(O)c1O. The second-order valence-corrected chi connectivity index (χ2v) is 5.20. The summed E-state index contributed by atoms with van der Waals surface area (Å²) in [6, 6.07) is 3.32. The van der Waals surface area contributed by atoms with Crippen molar-refractivity contribution in [2.75, 3.05) is 12.4 Å². The summed E-state index contributed by atoms with van der Waals surface area (Å²) in [6.07, 6.45) is 0.794. The van der Waals surface area contributed by atoms with Gasteiger partial charge in [-0.1, -0.05) is 29.8 Å². The third-order valence-electron chi connectivity index (χ3n) is 2.38. The topological polar surface area (TPSA) is 49.7 Å². The van der Waals surface area contributed by atoms with E-state index in [-0.39, 0.29) is 16.9 Å². The van der Waals surface area contributed by atoms with E-state index in [4.69, 9.17) is 4.74 Å². The van der Waals surface area contributed by atoms with Gasteiger partial charge in [0, 0.05) is 5.33 Å². The fourth-order valence-corrected chi connectivity index (χ4v) is 1.70. The first-order valence-corrected chi connectivity index (χ1v) is 6.16. The monoisotopic (exact) mass is 288 g/mol. The van der Waals surface area contributed by atoms with Gasteiger partial charge in [-0.3, -0.25) is 0 Å². The Morgan fingerprint density at radius 1 is 1.31 bits per heavy atom. The van der Waals surface area contributed by atoms with E-state index >= 15 is 0 Å². The van der Waals surface area contributed by atoms with Crippen molar-refractivity contribution in [2.45, 2.75) is 20.3 Å². The van der Waals surface area contributed by atoms with Crippen molar-refractivity contribution >= 4 is 15.9 Å². The summed E-state index contributed by atoms with van der Waals surface area (Å²) in [6.45, 7) is 4.25. The van der Waals surface area contributed by atoms with Crippen LogP contribution in [0.1, 0.15) is 19.4 Å². The smallest absolute Gasteiger partial charge is 0.200 e. The summed E-state index contributed by atoms with van der Waals surface area (Å²) in [5, 5.41) is 19.9. The highest BCUT2D eigenvalue weighted by molar-refractivity contribution is 9.09. The molecule has 0 atom stereocenters. The summed E-state index contributed by atoms with van der Waals surface area (Å²) >= 11 is 3.45. The third kappa shape index (κ3) is 3.04. The van der Waals surface area contributed by atoms with E-state index in [0.717, 1.165) is 17.3 Å². The van der Waals surface area contributed by atoms with Crippen molar-refractivity contribution in [3.8, 4) is 17.2 Å². The van der Waals surface area contributed by atoms with Gasteiger partial charge in [0.2, 0.25) is 5.75 Å². The van der Waals surface area contributed by atoms with Gasteiger partial charge in [0.15, 0.2) is 11.5 Å². The van der Waals surface area contributed by atoms with Crippen molar-refractivity contribution < 1.29 is 14.9 Å². The molecule has 0 fully saturated rings. The summed E-state index contributed by atoms with van der Waals surface area (Å²) in [7, 11) is 1.47. The van der Waals surface area contributed by atoms with Gasteiger partial charge < -0.3 is 14.9 Å². The molecular weight excluding hydrogens is 272 g/mol. The lowest BCUT2D eigenvalue weighted by atomic mass is 9.88. The molecular formula is C12H17BrO3. The van der Waals surface area contributed by atoms with Crippen LogP contribution in [0, 0.1) is 5.41 Å². The zero-order chi connectivity index (χ0) is 12.3. The number of phenolic OH excluding ortho intramolecular Hbond substituents is 2. The zero-order valence-electron chi connectivity index (χ0n) is 9.75. The minimum Gasteiger partial charge on any atom is -0.504 e. The summed E-state index contributed by atoms with van der Waals surface area (Å²) < 4.78 is 4.99. The van der Waals surface area contributed by atoms with E-state index in [2.05, 4.69) is 29.8 Å². The first-order valence-electron chi connectivity index (χ1n) is 5.04. The van der Waals surface area contributed by atoms with Gasteiger partial charge in [-0.15, -0.1) is 0 Å². The lowest BCUT2D eigenvalue weighted by Gasteiger charge is -2.22. The molecule has 16 heavy (non-hydrogen) atoms. The van der Waals surface area contributed by atoms with Crippen molar-refractivity contribution in [3.63, 3.8) is 0 Å². The van der Waals surface area contributed by atoms with Crippen LogP contribution in [-0.2, 0) is 6.42 Å². The van der Waals surface area contributed by atoms with E-state index in [9.17, 15) is 10.2 Å². The van der Waals surface area contributed by atoms with Gasteiger partial charge >= 0.3 is 0 Å². The van der Waals surface area contributed by atoms with Crippen molar-refractivity contribution in [3.05, 3.63) is 17.7 Å². The molecule has 1 aromatic rings. The first-order chi connectivity index (χ1) is 7.39. The molecule has 1 aromatic carbocycles. The Kier molecular flexibility index (Phi) is 4.08. The second kappa shape index (κ2) is 4.95. The molecule has 0 aliphatic carbocycles. The molecule has 3 nitrogen and oxygen atoms in total. The van der Waals surface area contributed by atoms with Crippen LogP contribution in [0.4, 0.5) is 0 Å². The number of hydrogen-bond donors (Lipinski definition) is 2. The number of halogens is 1. The Morgan fingerprint density at radius 3 is 2.44 bits per heavy atom. The Morgan fingerprint density at radius 2 is 1.94 bits per heavy atom. The number of aromatic hydroxyl groups is 2. The number of phenols is 2. The second-order valence-electron chi connectivity index (χ2n) is 4.64. The summed E-state index contributed by atoms with van der Waals surface area (Å²) in [4.78, 5) is 0. The van der Waals surface area contributed by atoms with Crippen LogP contribution in [0.2, 0.25) is 0 Å². The fourth-order valence-electron chi connectivity index (χ4n) is 1.51. The molecule has 0 aliphatic rings. The van der Waals surface area contributed by atoms with Crippen LogP contribution in [-0.4, -0.2) is 22.7 Å². The normalized spacial score (nSPS) is 11.5. The molecule has 0 bridgehead atoms. The lowest BCUT2D eigenvalue weighted by molar-refractivity contribution is 0.348. The van der Waals surface area contributed by atoms with E-state index < -0.39 is 0 Å². The molecule has 4 heteroatoms. The predicted octanol–water partition coefficient (Wildman–Crippen LogP) is 3.07. The predicted molar refractivity (Wildman–Crippen MR) is 67.6 cm³/mol. The number of methoxy groups -OCH3 is 1. The van der Waals surface area contributed by atoms with E-state index in [1.807, 2.05) is 0 Å². The van der Waals surface area contributed by atoms with Crippen LogP contribution in [0.5, 0.6) is 17.2 Å². The molecule has 2 N–H and O–H groups in total. The average molecular weight is 289 g/mol. The van der Waals surface area contributed by atoms with Crippen molar-refractivity contribution in [1.29, 1.82) is 0 Å². The zero-order valence-corrected chi connectivity index (χ0v) is 11.3. The van der Waals surface area contributed by atoms with E-state index in [0.29, 0.717) is 5.75 Å². The summed E-state index contributed by atoms with van der Waals surface area (Å²) in [5.74, 6) is -0.0389. The van der Waals surface area contributed by atoms with Gasteiger partial charge in [-0.2, -0.15) is 0 Å². The minimum atomic E-state index is -0.206. The molecule has 0 spiro atoms. The van der Waals surface area contributed by atoms with Gasteiger partial charge in [-0.25, -0.2) is 0 Å². The van der Waals surface area contributed by atoms with Gasteiger partial charge in [-0.05, 0) is 29.5 Å². The molecule has 0 radical (unpaired) electrons. The van der Waals surface area contributed by atoms with Crippen LogP contribution in [0.3, 0.4) is 0 Å². The fraction of sp³-hybridized carbons (Fsp3) is 0.500. The lowest BCUT2D eigenvalue weighted by Crippen LogP contribution is -2.16. The average Bonchev–Trinajstić information content (AvgIpc) is 2.22. The van der Waals surface area contributed by atoms with Crippen LogP contribution in [0.15, 0.2) is 12.1 Å². The van der Waals surface area contributed by atoms with Crippen LogP contribution in [0.25, 0.3) is 0 Å². The Hall–Kier alpha value is -0.900. The minimum absolute atomic E-state index is 0.0917. The molecule has 0 amide bonds. The van der Waals surface area contributed by atoms with Gasteiger partial charge in [0.1, 0.15) is 0 Å². The third-order valence-corrected chi connectivity index (χ3v) is 3.90. The first kappa shape index (κ1) is 13.2. The maximum Gasteiger partial charge on any atom is 0.200 e. The molecule has 0 heterocycles. The molecule has 0 aromatic heterocycles. The maximum atomic E-state index is 9.54. The number of alkyl halides is 1. The largest absolute Gasteiger partial charge is 0.504 e. The molecule has 0 saturated heterocycles. The Balaban J connectivity index is 3.03. The van der Waals surface area contributed by atoms with E-state index in [1.165, 1.54) is 7.11 Å². The molecule has 0 saturated carbocycles. The molecule has 1 rings (SSSR count). The maximum absolute atomic E-state index is 9.54. The number of hydrogen-bond acceptors (Lipinski definition) is 3. The van der Waals surface area contributed by atoms with Gasteiger partial charge in [0.25, 0.3) is 0 Å². The molecule has 90 valence electrons. The Labute approximate surface area is 104 Å². The number of benzene rings is 1. The van der Waals surface area contributed by atoms with Crippen molar-refractivity contribution in [2.24, 2.45) is 5.41 Å². The standard InChI is InChI=1S/C12H17BrO3/c1-12(2,7-13)6-8-4-9(14)11(15)10(5-8)16-3/h4-5,14-15H,6-7H2,1-3H3. The van der Waals surface area contributed by atoms with Crippen LogP contribution < -0.4 is 4.74 Å². The number of ether oxygens (including phenoxy) is 1. The highest BCUT2D eigenvalue weighted by atomic mass is 79.9. The highest BCUT2D eigenvalue weighted by Crippen LogP contribution is 2.38. The highest BCUT2D eigenvalue weighted by Gasteiger charge is 2.19. The molecule has 0 unspecified atom stereocenters. The Bertz CT molecular complexity index is 375. The number of rotatable bonds is 4. The van der Waals surface area contributed by atoms with Crippen molar-refractivity contribution in [1.82, 2.24) is 0 Å². The van der Waals surface area contributed by atoms with Crippen LogP contribution >= 0.6 is 15.9 Å². The van der Waals surface area contributed by atoms with Gasteiger partial charge in [0.05, 0.1) is 7.11 Å². The quantitative estimate of drug-likeness (QED) is 0.661. The molecule has 0 aliphatic heterocycles. The summed E-state index contributed by atoms with van der Waals surface area (Å²) in [5.41, 5.74) is 1.03.